The third-order valence-electron chi connectivity index (χ3n) is 4.01. The molecule has 0 aromatic heterocycles. The Kier molecular flexibility index (Phi) is 4.46. The Morgan fingerprint density at radius 3 is 2.25 bits per heavy atom. The zero-order valence-corrected chi connectivity index (χ0v) is 12.7. The fourth-order valence-electron chi connectivity index (χ4n) is 2.62. The van der Waals surface area contributed by atoms with E-state index in [1.54, 1.807) is 7.11 Å². The highest BCUT2D eigenvalue weighted by atomic mass is 16.5. The number of hydrogen-bond acceptors (Lipinski definition) is 2. The van der Waals surface area contributed by atoms with Crippen molar-refractivity contribution in [2.75, 3.05) is 7.11 Å². The first kappa shape index (κ1) is 14.6. The van der Waals surface area contributed by atoms with Gasteiger partial charge in [-0.1, -0.05) is 43.3 Å². The minimum Gasteiger partial charge on any atom is -0.496 e. The molecular weight excluding hydrogens is 246 g/mol. The maximum atomic E-state index is 6.49. The van der Waals surface area contributed by atoms with E-state index in [0.717, 1.165) is 11.3 Å². The monoisotopic (exact) mass is 269 g/mol. The van der Waals surface area contributed by atoms with Crippen molar-refractivity contribution in [3.63, 3.8) is 0 Å². The van der Waals surface area contributed by atoms with Gasteiger partial charge in [-0.3, -0.25) is 0 Å². The number of ether oxygens (including phenoxy) is 1. The van der Waals surface area contributed by atoms with Crippen molar-refractivity contribution in [2.24, 2.45) is 5.73 Å². The van der Waals surface area contributed by atoms with Crippen molar-refractivity contribution in [1.82, 2.24) is 0 Å². The van der Waals surface area contributed by atoms with Gasteiger partial charge in [-0.05, 0) is 42.2 Å². The summed E-state index contributed by atoms with van der Waals surface area (Å²) in [6, 6.07) is 14.6. The Morgan fingerprint density at radius 2 is 1.65 bits per heavy atom. The van der Waals surface area contributed by atoms with Crippen molar-refractivity contribution in [2.45, 2.75) is 32.7 Å². The highest BCUT2D eigenvalue weighted by Gasteiger charge is 2.19. The van der Waals surface area contributed by atoms with Crippen molar-refractivity contribution < 1.29 is 4.74 Å². The standard InChI is InChI=1S/C18H23NO/c1-12-11-17(20-4)13(2)10-16(12)18(19)14(3)15-8-6-5-7-9-15/h5-11,14,18H,19H2,1-4H3. The zero-order valence-electron chi connectivity index (χ0n) is 12.7. The van der Waals surface area contributed by atoms with Crippen LogP contribution in [-0.2, 0) is 0 Å². The van der Waals surface area contributed by atoms with Gasteiger partial charge in [0.2, 0.25) is 0 Å². The van der Waals surface area contributed by atoms with Crippen molar-refractivity contribution in [3.05, 3.63) is 64.7 Å². The highest BCUT2D eigenvalue weighted by molar-refractivity contribution is 5.43. The van der Waals surface area contributed by atoms with Gasteiger partial charge in [0, 0.05) is 12.0 Å². The lowest BCUT2D eigenvalue weighted by atomic mass is 9.86. The van der Waals surface area contributed by atoms with Crippen LogP contribution in [0.2, 0.25) is 0 Å². The van der Waals surface area contributed by atoms with E-state index in [9.17, 15) is 0 Å². The van der Waals surface area contributed by atoms with Gasteiger partial charge in [0.25, 0.3) is 0 Å². The molecule has 0 bridgehead atoms. The molecule has 0 saturated heterocycles. The quantitative estimate of drug-likeness (QED) is 0.906. The maximum Gasteiger partial charge on any atom is 0.122 e. The molecule has 0 radical (unpaired) electrons. The molecule has 0 heterocycles. The molecule has 2 aromatic carbocycles. The van der Waals surface area contributed by atoms with E-state index >= 15 is 0 Å². The van der Waals surface area contributed by atoms with E-state index in [4.69, 9.17) is 10.5 Å². The summed E-state index contributed by atoms with van der Waals surface area (Å²) in [7, 11) is 1.70. The molecule has 2 unspecified atom stereocenters. The molecule has 0 fully saturated rings. The summed E-state index contributed by atoms with van der Waals surface area (Å²) in [4.78, 5) is 0. The highest BCUT2D eigenvalue weighted by Crippen LogP contribution is 2.33. The minimum absolute atomic E-state index is 0.0120. The summed E-state index contributed by atoms with van der Waals surface area (Å²) in [5.41, 5.74) is 11.3. The molecule has 2 atom stereocenters. The third kappa shape index (κ3) is 2.86. The van der Waals surface area contributed by atoms with Gasteiger partial charge in [-0.2, -0.15) is 0 Å². The lowest BCUT2D eigenvalue weighted by Crippen LogP contribution is -2.19. The number of aryl methyl sites for hydroxylation is 2. The minimum atomic E-state index is -0.0120. The van der Waals surface area contributed by atoms with Crippen LogP contribution < -0.4 is 10.5 Å². The maximum absolute atomic E-state index is 6.49. The lowest BCUT2D eigenvalue weighted by molar-refractivity contribution is 0.411. The van der Waals surface area contributed by atoms with E-state index in [1.165, 1.54) is 16.7 Å². The molecular formula is C18H23NO. The second-order valence-electron chi connectivity index (χ2n) is 5.40. The van der Waals surface area contributed by atoms with Crippen LogP contribution >= 0.6 is 0 Å². The molecule has 2 nitrogen and oxygen atoms in total. The van der Waals surface area contributed by atoms with Crippen LogP contribution in [0.15, 0.2) is 42.5 Å². The molecule has 0 saturated carbocycles. The van der Waals surface area contributed by atoms with Crippen molar-refractivity contribution >= 4 is 0 Å². The molecule has 2 heteroatoms. The molecule has 0 aliphatic heterocycles. The normalized spacial score (nSPS) is 13.8. The van der Waals surface area contributed by atoms with Gasteiger partial charge in [0.1, 0.15) is 5.75 Å². The average molecular weight is 269 g/mol. The van der Waals surface area contributed by atoms with Crippen LogP contribution in [0.25, 0.3) is 0 Å². The Bertz CT molecular complexity index is 577. The van der Waals surface area contributed by atoms with Crippen LogP contribution in [0.4, 0.5) is 0 Å². The molecule has 106 valence electrons. The van der Waals surface area contributed by atoms with Crippen LogP contribution in [0, 0.1) is 13.8 Å². The van der Waals surface area contributed by atoms with Crippen LogP contribution in [0.3, 0.4) is 0 Å². The topological polar surface area (TPSA) is 35.2 Å². The SMILES string of the molecule is COc1cc(C)c(C(N)C(C)c2ccccc2)cc1C. The largest absolute Gasteiger partial charge is 0.496 e. The van der Waals surface area contributed by atoms with E-state index in [0.29, 0.717) is 0 Å². The van der Waals surface area contributed by atoms with Crippen molar-refractivity contribution in [1.29, 1.82) is 0 Å². The summed E-state index contributed by atoms with van der Waals surface area (Å²) in [6.45, 7) is 6.33. The number of methoxy groups -OCH3 is 1. The molecule has 0 aliphatic rings. The number of rotatable bonds is 4. The molecule has 2 aromatic rings. The van der Waals surface area contributed by atoms with Crippen LogP contribution in [0.1, 0.15) is 41.1 Å². The lowest BCUT2D eigenvalue weighted by Gasteiger charge is -2.23. The Hall–Kier alpha value is -1.80. The fourth-order valence-corrected chi connectivity index (χ4v) is 2.62. The first-order chi connectivity index (χ1) is 9.54. The van der Waals surface area contributed by atoms with Gasteiger partial charge >= 0.3 is 0 Å². The summed E-state index contributed by atoms with van der Waals surface area (Å²) < 4.78 is 5.36. The van der Waals surface area contributed by atoms with Gasteiger partial charge in [-0.25, -0.2) is 0 Å². The summed E-state index contributed by atoms with van der Waals surface area (Å²) in [6.07, 6.45) is 0. The smallest absolute Gasteiger partial charge is 0.122 e. The predicted octanol–water partition coefficient (Wildman–Crippen LogP) is 4.12. The molecule has 0 amide bonds. The summed E-state index contributed by atoms with van der Waals surface area (Å²) >= 11 is 0. The zero-order chi connectivity index (χ0) is 14.7. The van der Waals surface area contributed by atoms with Gasteiger partial charge < -0.3 is 10.5 Å². The number of benzene rings is 2. The second kappa shape index (κ2) is 6.10. The molecule has 20 heavy (non-hydrogen) atoms. The van der Waals surface area contributed by atoms with Crippen molar-refractivity contribution in [3.8, 4) is 5.75 Å². The summed E-state index contributed by atoms with van der Waals surface area (Å²) in [5.74, 6) is 1.20. The third-order valence-corrected chi connectivity index (χ3v) is 4.01. The van der Waals surface area contributed by atoms with Gasteiger partial charge in [0.05, 0.1) is 7.11 Å². The van der Waals surface area contributed by atoms with E-state index < -0.39 is 0 Å². The van der Waals surface area contributed by atoms with Crippen LogP contribution in [-0.4, -0.2) is 7.11 Å². The Balaban J connectivity index is 2.34. The summed E-state index contributed by atoms with van der Waals surface area (Å²) in [5, 5.41) is 0. The fraction of sp³-hybridized carbons (Fsp3) is 0.333. The average Bonchev–Trinajstić information content (AvgIpc) is 2.48. The van der Waals surface area contributed by atoms with Crippen LogP contribution in [0.5, 0.6) is 5.75 Å². The molecule has 0 spiro atoms. The predicted molar refractivity (Wildman–Crippen MR) is 84.3 cm³/mol. The van der Waals surface area contributed by atoms with E-state index in [1.807, 2.05) is 6.07 Å². The first-order valence-corrected chi connectivity index (χ1v) is 7.00. The Morgan fingerprint density at radius 1 is 1.00 bits per heavy atom. The van der Waals surface area contributed by atoms with E-state index in [-0.39, 0.29) is 12.0 Å². The second-order valence-corrected chi connectivity index (χ2v) is 5.40. The molecule has 0 aliphatic carbocycles. The van der Waals surface area contributed by atoms with E-state index in [2.05, 4.69) is 57.2 Å². The van der Waals surface area contributed by atoms with Gasteiger partial charge in [0.15, 0.2) is 0 Å². The number of hydrogen-bond donors (Lipinski definition) is 1. The molecule has 2 N–H and O–H groups in total. The number of nitrogens with two attached hydrogens (primary N) is 1. The van der Waals surface area contributed by atoms with Gasteiger partial charge in [-0.15, -0.1) is 0 Å². The Labute approximate surface area is 121 Å². The first-order valence-electron chi connectivity index (χ1n) is 7.00. The molecule has 2 rings (SSSR count).